The first-order valence-corrected chi connectivity index (χ1v) is 5.86. The van der Waals surface area contributed by atoms with Gasteiger partial charge in [-0.15, -0.1) is 0 Å². The van der Waals surface area contributed by atoms with Gasteiger partial charge in [0, 0.05) is 17.5 Å². The molecule has 98 valence electrons. The third-order valence-corrected chi connectivity index (χ3v) is 2.79. The molecule has 0 radical (unpaired) electrons. The van der Waals surface area contributed by atoms with Gasteiger partial charge in [-0.3, -0.25) is 4.79 Å². The Kier molecular flexibility index (Phi) is 3.51. The Balaban J connectivity index is 2.72. The standard InChI is InChI=1S/C15H14O4/c1-4-5-18-13-8-14-11(7-12(13)10(3)16)9(2)6-15(17)19-14/h4,6-8H,1,5H2,2-3H3. The van der Waals surface area contributed by atoms with E-state index in [0.717, 1.165) is 10.9 Å². The van der Waals surface area contributed by atoms with E-state index in [1.165, 1.54) is 13.0 Å². The first-order chi connectivity index (χ1) is 9.02. The zero-order chi connectivity index (χ0) is 14.0. The van der Waals surface area contributed by atoms with Gasteiger partial charge in [0.2, 0.25) is 0 Å². The number of hydrogen-bond acceptors (Lipinski definition) is 4. The highest BCUT2D eigenvalue weighted by molar-refractivity contribution is 6.01. The molecule has 0 atom stereocenters. The summed E-state index contributed by atoms with van der Waals surface area (Å²) in [6, 6.07) is 4.66. The smallest absolute Gasteiger partial charge is 0.336 e. The third kappa shape index (κ3) is 2.57. The highest BCUT2D eigenvalue weighted by atomic mass is 16.5. The molecule has 1 heterocycles. The van der Waals surface area contributed by atoms with Crippen molar-refractivity contribution < 1.29 is 13.9 Å². The van der Waals surface area contributed by atoms with E-state index in [2.05, 4.69) is 6.58 Å². The number of hydrogen-bond donors (Lipinski definition) is 0. The molecule has 0 saturated heterocycles. The normalized spacial score (nSPS) is 10.4. The van der Waals surface area contributed by atoms with Gasteiger partial charge in [0.1, 0.15) is 17.9 Å². The maximum Gasteiger partial charge on any atom is 0.336 e. The van der Waals surface area contributed by atoms with Crippen LogP contribution < -0.4 is 10.4 Å². The van der Waals surface area contributed by atoms with E-state index in [0.29, 0.717) is 16.9 Å². The minimum absolute atomic E-state index is 0.105. The van der Waals surface area contributed by atoms with Crippen LogP contribution >= 0.6 is 0 Å². The van der Waals surface area contributed by atoms with Crippen LogP contribution in [0, 0.1) is 6.92 Å². The van der Waals surface area contributed by atoms with Crippen LogP contribution in [0.25, 0.3) is 11.0 Å². The average Bonchev–Trinajstić information content (AvgIpc) is 2.34. The van der Waals surface area contributed by atoms with Gasteiger partial charge < -0.3 is 9.15 Å². The lowest BCUT2D eigenvalue weighted by Crippen LogP contribution is -2.04. The average molecular weight is 258 g/mol. The molecule has 1 aromatic carbocycles. The first-order valence-electron chi connectivity index (χ1n) is 5.86. The molecule has 4 nitrogen and oxygen atoms in total. The van der Waals surface area contributed by atoms with Crippen LogP contribution in [0.5, 0.6) is 5.75 Å². The van der Waals surface area contributed by atoms with E-state index in [-0.39, 0.29) is 12.4 Å². The number of Topliss-reactive ketones (excluding diaryl/α,β-unsaturated/α-hetero) is 1. The predicted molar refractivity (Wildman–Crippen MR) is 72.9 cm³/mol. The second-order valence-corrected chi connectivity index (χ2v) is 4.25. The van der Waals surface area contributed by atoms with E-state index < -0.39 is 5.63 Å². The highest BCUT2D eigenvalue weighted by Crippen LogP contribution is 2.27. The van der Waals surface area contributed by atoms with Crippen LogP contribution in [0.15, 0.2) is 40.1 Å². The zero-order valence-corrected chi connectivity index (χ0v) is 10.9. The molecule has 0 N–H and O–H groups in total. The van der Waals surface area contributed by atoms with Gasteiger partial charge >= 0.3 is 5.63 Å². The number of fused-ring (bicyclic) bond motifs is 1. The van der Waals surface area contributed by atoms with E-state index in [1.54, 1.807) is 25.1 Å². The van der Waals surface area contributed by atoms with Gasteiger partial charge in [-0.25, -0.2) is 4.79 Å². The quantitative estimate of drug-likeness (QED) is 0.480. The lowest BCUT2D eigenvalue weighted by atomic mass is 10.0. The van der Waals surface area contributed by atoms with Crippen molar-refractivity contribution in [2.75, 3.05) is 6.61 Å². The van der Waals surface area contributed by atoms with Crippen LogP contribution in [0.1, 0.15) is 22.8 Å². The lowest BCUT2D eigenvalue weighted by molar-refractivity contribution is 0.101. The molecule has 0 aliphatic rings. The highest BCUT2D eigenvalue weighted by Gasteiger charge is 2.13. The van der Waals surface area contributed by atoms with Crippen LogP contribution in [0.2, 0.25) is 0 Å². The molecule has 0 aliphatic heterocycles. The summed E-state index contributed by atoms with van der Waals surface area (Å²) >= 11 is 0. The van der Waals surface area contributed by atoms with Crippen LogP contribution in [-0.4, -0.2) is 12.4 Å². The Bertz CT molecular complexity index is 710. The summed E-state index contributed by atoms with van der Waals surface area (Å²) in [5.74, 6) is 0.292. The van der Waals surface area contributed by atoms with Gasteiger partial charge in [-0.2, -0.15) is 0 Å². The van der Waals surface area contributed by atoms with Gasteiger partial charge in [0.05, 0.1) is 5.56 Å². The number of rotatable bonds is 4. The topological polar surface area (TPSA) is 56.5 Å². The molecular formula is C15H14O4. The number of benzene rings is 1. The summed E-state index contributed by atoms with van der Waals surface area (Å²) in [5.41, 5.74) is 1.22. The summed E-state index contributed by atoms with van der Waals surface area (Å²) < 4.78 is 10.6. The van der Waals surface area contributed by atoms with Gasteiger partial charge in [0.15, 0.2) is 5.78 Å². The molecule has 0 bridgehead atoms. The number of carbonyl (C=O) groups is 1. The van der Waals surface area contributed by atoms with E-state index in [4.69, 9.17) is 9.15 Å². The fourth-order valence-corrected chi connectivity index (χ4v) is 1.89. The lowest BCUT2D eigenvalue weighted by Gasteiger charge is -2.10. The Morgan fingerprint density at radius 1 is 1.42 bits per heavy atom. The molecule has 0 aliphatic carbocycles. The Labute approximate surface area is 110 Å². The summed E-state index contributed by atoms with van der Waals surface area (Å²) in [7, 11) is 0. The monoisotopic (exact) mass is 258 g/mol. The second kappa shape index (κ2) is 5.10. The van der Waals surface area contributed by atoms with Crippen molar-refractivity contribution in [2.24, 2.45) is 0 Å². The molecule has 0 spiro atoms. The third-order valence-electron chi connectivity index (χ3n) is 2.79. The molecule has 4 heteroatoms. The van der Waals surface area contributed by atoms with Gasteiger partial charge in [-0.1, -0.05) is 12.7 Å². The van der Waals surface area contributed by atoms with Crippen LogP contribution in [0.3, 0.4) is 0 Å². The van der Waals surface area contributed by atoms with Gasteiger partial charge in [0.25, 0.3) is 0 Å². The summed E-state index contributed by atoms with van der Waals surface area (Å²) in [4.78, 5) is 23.0. The van der Waals surface area contributed by atoms with Crippen molar-refractivity contribution in [3.05, 3.63) is 52.4 Å². The van der Waals surface area contributed by atoms with Crippen molar-refractivity contribution >= 4 is 16.8 Å². The molecule has 0 saturated carbocycles. The summed E-state index contributed by atoms with van der Waals surface area (Å²) in [5, 5.41) is 0.732. The van der Waals surface area contributed by atoms with Crippen molar-refractivity contribution in [3.63, 3.8) is 0 Å². The largest absolute Gasteiger partial charge is 0.489 e. The molecule has 0 fully saturated rings. The SMILES string of the molecule is C=CCOc1cc2oc(=O)cc(C)c2cc1C(C)=O. The Morgan fingerprint density at radius 2 is 2.16 bits per heavy atom. The maximum absolute atomic E-state index is 11.7. The number of carbonyl (C=O) groups excluding carboxylic acids is 1. The molecule has 0 amide bonds. The fourth-order valence-electron chi connectivity index (χ4n) is 1.89. The number of ketones is 1. The minimum atomic E-state index is -0.421. The fraction of sp³-hybridized carbons (Fsp3) is 0.200. The van der Waals surface area contributed by atoms with E-state index in [1.807, 2.05) is 0 Å². The Hall–Kier alpha value is -2.36. The molecule has 2 rings (SSSR count). The molecule has 0 unspecified atom stereocenters. The molecule has 2 aromatic rings. The Morgan fingerprint density at radius 3 is 2.79 bits per heavy atom. The second-order valence-electron chi connectivity index (χ2n) is 4.25. The van der Waals surface area contributed by atoms with Crippen molar-refractivity contribution in [1.29, 1.82) is 0 Å². The van der Waals surface area contributed by atoms with Gasteiger partial charge in [-0.05, 0) is 25.5 Å². The molecule has 19 heavy (non-hydrogen) atoms. The van der Waals surface area contributed by atoms with E-state index >= 15 is 0 Å². The maximum atomic E-state index is 11.7. The minimum Gasteiger partial charge on any atom is -0.489 e. The predicted octanol–water partition coefficient (Wildman–Crippen LogP) is 2.87. The summed E-state index contributed by atoms with van der Waals surface area (Å²) in [6.45, 7) is 7.10. The molecule has 1 aromatic heterocycles. The van der Waals surface area contributed by atoms with Crippen LogP contribution in [-0.2, 0) is 0 Å². The number of aryl methyl sites for hydroxylation is 1. The van der Waals surface area contributed by atoms with Crippen molar-refractivity contribution in [2.45, 2.75) is 13.8 Å². The van der Waals surface area contributed by atoms with Crippen molar-refractivity contribution in [1.82, 2.24) is 0 Å². The van der Waals surface area contributed by atoms with E-state index in [9.17, 15) is 9.59 Å². The van der Waals surface area contributed by atoms with Crippen molar-refractivity contribution in [3.8, 4) is 5.75 Å². The zero-order valence-electron chi connectivity index (χ0n) is 10.9. The van der Waals surface area contributed by atoms with Crippen LogP contribution in [0.4, 0.5) is 0 Å². The summed E-state index contributed by atoms with van der Waals surface area (Å²) in [6.07, 6.45) is 1.58. The number of ether oxygens (including phenoxy) is 1. The molecular weight excluding hydrogens is 244 g/mol. The first kappa shape index (κ1) is 13.1.